The molecule has 90 valence electrons. The van der Waals surface area contributed by atoms with E-state index in [1.807, 2.05) is 19.2 Å². The number of anilines is 1. The predicted molar refractivity (Wildman–Crippen MR) is 67.9 cm³/mol. The lowest BCUT2D eigenvalue weighted by molar-refractivity contribution is 0.785. The summed E-state index contributed by atoms with van der Waals surface area (Å²) in [7, 11) is 1.86. The van der Waals surface area contributed by atoms with Gasteiger partial charge in [0.15, 0.2) is 5.65 Å². The summed E-state index contributed by atoms with van der Waals surface area (Å²) in [4.78, 5) is 12.4. The summed E-state index contributed by atoms with van der Waals surface area (Å²) < 4.78 is 1.73. The predicted octanol–water partition coefficient (Wildman–Crippen LogP) is 1.37. The minimum Gasteiger partial charge on any atom is -0.365 e. The minimum atomic E-state index is 0.698. The van der Waals surface area contributed by atoms with E-state index < -0.39 is 0 Å². The third kappa shape index (κ3) is 1.88. The molecule has 6 heteroatoms. The number of fused-ring (bicyclic) bond motifs is 1. The van der Waals surface area contributed by atoms with Crippen LogP contribution in [0.25, 0.3) is 11.0 Å². The number of nitrogens with zero attached hydrogens (tertiary/aromatic N) is 5. The molecule has 0 unspecified atom stereocenters. The van der Waals surface area contributed by atoms with Crippen molar-refractivity contribution in [3.05, 3.63) is 42.6 Å². The molecule has 0 aromatic carbocycles. The summed E-state index contributed by atoms with van der Waals surface area (Å²) in [5, 5.41) is 8.39. The molecule has 0 amide bonds. The Balaban J connectivity index is 1.87. The zero-order chi connectivity index (χ0) is 12.4. The Bertz CT molecular complexity index is 661. The fourth-order valence-corrected chi connectivity index (χ4v) is 1.79. The van der Waals surface area contributed by atoms with Gasteiger partial charge in [0.2, 0.25) is 0 Å². The molecule has 0 atom stereocenters. The zero-order valence-electron chi connectivity index (χ0n) is 9.91. The Kier molecular flexibility index (Phi) is 2.60. The number of pyridine rings is 1. The SMILES string of the molecule is Cn1ncc2c(NCc3ccncc3)ncnc21. The van der Waals surface area contributed by atoms with Crippen LogP contribution < -0.4 is 5.32 Å². The maximum atomic E-state index is 4.24. The average Bonchev–Trinajstić information content (AvgIpc) is 2.80. The summed E-state index contributed by atoms with van der Waals surface area (Å²) in [5.74, 6) is 0.796. The van der Waals surface area contributed by atoms with Gasteiger partial charge in [-0.05, 0) is 17.7 Å². The lowest BCUT2D eigenvalue weighted by Crippen LogP contribution is -2.02. The largest absolute Gasteiger partial charge is 0.365 e. The number of nitrogens with one attached hydrogen (secondary N) is 1. The Labute approximate surface area is 104 Å². The van der Waals surface area contributed by atoms with Gasteiger partial charge < -0.3 is 5.32 Å². The van der Waals surface area contributed by atoms with E-state index in [4.69, 9.17) is 0 Å². The molecular weight excluding hydrogens is 228 g/mol. The van der Waals surface area contributed by atoms with Crippen molar-refractivity contribution < 1.29 is 0 Å². The lowest BCUT2D eigenvalue weighted by Gasteiger charge is -2.05. The maximum Gasteiger partial charge on any atom is 0.163 e. The van der Waals surface area contributed by atoms with E-state index in [9.17, 15) is 0 Å². The minimum absolute atomic E-state index is 0.698. The molecular formula is C12H12N6. The Morgan fingerprint density at radius 2 is 2.06 bits per heavy atom. The van der Waals surface area contributed by atoms with Gasteiger partial charge in [-0.2, -0.15) is 5.10 Å². The van der Waals surface area contributed by atoms with Crippen molar-refractivity contribution in [2.24, 2.45) is 7.05 Å². The Morgan fingerprint density at radius 1 is 1.22 bits per heavy atom. The second-order valence-electron chi connectivity index (χ2n) is 3.94. The summed E-state index contributed by atoms with van der Waals surface area (Å²) in [6.45, 7) is 0.698. The standard InChI is InChI=1S/C12H12N6/c1-18-12-10(7-17-18)11(15-8-16-12)14-6-9-2-4-13-5-3-9/h2-5,7-8H,6H2,1H3,(H,14,15,16). The van der Waals surface area contributed by atoms with Crippen LogP contribution in [0.2, 0.25) is 0 Å². The van der Waals surface area contributed by atoms with Crippen molar-refractivity contribution in [2.75, 3.05) is 5.32 Å². The van der Waals surface area contributed by atoms with Crippen molar-refractivity contribution in [1.29, 1.82) is 0 Å². The maximum absolute atomic E-state index is 4.24. The van der Waals surface area contributed by atoms with Gasteiger partial charge in [-0.1, -0.05) is 0 Å². The van der Waals surface area contributed by atoms with Crippen molar-refractivity contribution >= 4 is 16.9 Å². The molecule has 0 saturated heterocycles. The quantitative estimate of drug-likeness (QED) is 0.748. The Morgan fingerprint density at radius 3 is 2.89 bits per heavy atom. The molecule has 3 heterocycles. The number of hydrogen-bond acceptors (Lipinski definition) is 5. The molecule has 0 aliphatic heterocycles. The van der Waals surface area contributed by atoms with E-state index in [-0.39, 0.29) is 0 Å². The first kappa shape index (κ1) is 10.6. The molecule has 6 nitrogen and oxygen atoms in total. The number of aryl methyl sites for hydroxylation is 1. The van der Waals surface area contributed by atoms with Gasteiger partial charge in [0, 0.05) is 26.0 Å². The molecule has 0 aliphatic rings. The summed E-state index contributed by atoms with van der Waals surface area (Å²) in [5.41, 5.74) is 1.97. The Hall–Kier alpha value is -2.50. The van der Waals surface area contributed by atoms with Crippen LogP contribution in [0.5, 0.6) is 0 Å². The van der Waals surface area contributed by atoms with Crippen LogP contribution >= 0.6 is 0 Å². The summed E-state index contributed by atoms with van der Waals surface area (Å²) in [6.07, 6.45) is 6.86. The normalized spacial score (nSPS) is 10.7. The summed E-state index contributed by atoms with van der Waals surface area (Å²) in [6, 6.07) is 3.93. The highest BCUT2D eigenvalue weighted by molar-refractivity contribution is 5.85. The monoisotopic (exact) mass is 240 g/mol. The number of hydrogen-bond donors (Lipinski definition) is 1. The van der Waals surface area contributed by atoms with E-state index in [1.165, 1.54) is 0 Å². The van der Waals surface area contributed by atoms with Crippen LogP contribution in [-0.4, -0.2) is 24.7 Å². The number of rotatable bonds is 3. The first-order valence-corrected chi connectivity index (χ1v) is 5.60. The van der Waals surface area contributed by atoms with E-state index in [0.29, 0.717) is 6.54 Å². The molecule has 0 bridgehead atoms. The van der Waals surface area contributed by atoms with Gasteiger partial charge in [0.05, 0.1) is 11.6 Å². The van der Waals surface area contributed by atoms with Crippen LogP contribution in [0, 0.1) is 0 Å². The highest BCUT2D eigenvalue weighted by Gasteiger charge is 2.06. The first-order valence-electron chi connectivity index (χ1n) is 5.60. The van der Waals surface area contributed by atoms with Crippen molar-refractivity contribution in [3.63, 3.8) is 0 Å². The molecule has 0 spiro atoms. The first-order chi connectivity index (χ1) is 8.84. The number of aromatic nitrogens is 5. The third-order valence-electron chi connectivity index (χ3n) is 2.74. The van der Waals surface area contributed by atoms with Gasteiger partial charge >= 0.3 is 0 Å². The molecule has 1 N–H and O–H groups in total. The molecule has 0 aliphatic carbocycles. The second kappa shape index (κ2) is 4.40. The van der Waals surface area contributed by atoms with Crippen LogP contribution in [0.3, 0.4) is 0 Å². The molecule has 0 fully saturated rings. The van der Waals surface area contributed by atoms with E-state index in [0.717, 1.165) is 22.4 Å². The topological polar surface area (TPSA) is 68.5 Å². The molecule has 0 radical (unpaired) electrons. The molecule has 0 saturated carbocycles. The van der Waals surface area contributed by atoms with Crippen molar-refractivity contribution in [3.8, 4) is 0 Å². The fraction of sp³-hybridized carbons (Fsp3) is 0.167. The molecule has 3 aromatic rings. The molecule has 3 aromatic heterocycles. The van der Waals surface area contributed by atoms with Gasteiger partial charge in [-0.25, -0.2) is 9.97 Å². The van der Waals surface area contributed by atoms with Crippen molar-refractivity contribution in [2.45, 2.75) is 6.54 Å². The van der Waals surface area contributed by atoms with Gasteiger partial charge in [0.1, 0.15) is 12.1 Å². The van der Waals surface area contributed by atoms with Crippen LogP contribution in [0.15, 0.2) is 37.1 Å². The van der Waals surface area contributed by atoms with E-state index >= 15 is 0 Å². The second-order valence-corrected chi connectivity index (χ2v) is 3.94. The van der Waals surface area contributed by atoms with Gasteiger partial charge in [-0.3, -0.25) is 9.67 Å². The van der Waals surface area contributed by atoms with Crippen LogP contribution in [-0.2, 0) is 13.6 Å². The van der Waals surface area contributed by atoms with Crippen LogP contribution in [0.1, 0.15) is 5.56 Å². The lowest BCUT2D eigenvalue weighted by atomic mass is 10.2. The highest BCUT2D eigenvalue weighted by Crippen LogP contribution is 2.18. The smallest absolute Gasteiger partial charge is 0.163 e. The van der Waals surface area contributed by atoms with E-state index in [1.54, 1.807) is 29.6 Å². The average molecular weight is 240 g/mol. The van der Waals surface area contributed by atoms with Crippen LogP contribution in [0.4, 0.5) is 5.82 Å². The molecule has 3 rings (SSSR count). The van der Waals surface area contributed by atoms with Gasteiger partial charge in [-0.15, -0.1) is 0 Å². The van der Waals surface area contributed by atoms with Crippen molar-refractivity contribution in [1.82, 2.24) is 24.7 Å². The molecule has 18 heavy (non-hydrogen) atoms. The van der Waals surface area contributed by atoms with E-state index in [2.05, 4.69) is 25.4 Å². The van der Waals surface area contributed by atoms with Gasteiger partial charge in [0.25, 0.3) is 0 Å². The fourth-order valence-electron chi connectivity index (χ4n) is 1.79. The zero-order valence-corrected chi connectivity index (χ0v) is 9.91. The summed E-state index contributed by atoms with van der Waals surface area (Å²) >= 11 is 0. The highest BCUT2D eigenvalue weighted by atomic mass is 15.3. The third-order valence-corrected chi connectivity index (χ3v) is 2.74.